The molecule has 0 radical (unpaired) electrons. The Labute approximate surface area is 175 Å². The van der Waals surface area contributed by atoms with Gasteiger partial charge in [0.15, 0.2) is 5.78 Å². The molecule has 164 valence electrons. The van der Waals surface area contributed by atoms with Gasteiger partial charge in [-0.15, -0.1) is 0 Å². The van der Waals surface area contributed by atoms with Crippen molar-refractivity contribution < 1.29 is 34.4 Å². The van der Waals surface area contributed by atoms with Crippen molar-refractivity contribution in [1.82, 2.24) is 0 Å². The molecular weight excluding hydrogens is 388 g/mol. The van der Waals surface area contributed by atoms with Crippen LogP contribution in [-0.2, 0) is 19.1 Å². The molecule has 0 amide bonds. The molecule has 0 bridgehead atoms. The van der Waals surface area contributed by atoms with Crippen LogP contribution in [0.2, 0.25) is 0 Å². The van der Waals surface area contributed by atoms with E-state index in [-0.39, 0.29) is 41.8 Å². The van der Waals surface area contributed by atoms with Crippen molar-refractivity contribution in [2.24, 2.45) is 28.6 Å². The average molecular weight is 418 g/mol. The average Bonchev–Trinajstić information content (AvgIpc) is 3.14. The van der Waals surface area contributed by atoms with Crippen LogP contribution < -0.4 is 0 Å². The van der Waals surface area contributed by atoms with E-state index in [9.17, 15) is 24.9 Å². The lowest BCUT2D eigenvalue weighted by Gasteiger charge is -2.62. The normalized spacial score (nSPS) is 58.9. The Hall–Kier alpha value is -1.28. The standard InChI is InChI=1S/C23H30O7/c1-20-5-3-13(24)8-12(20)9-15-23(30-15)18(20)17(26)19(27)21(2)14(4-6-22(21,23)28)11-7-16(25)29-10-11/h7,12-15,17-18,24,26,28H,3-6,8-10H2,1-2H3/t12-,13-,14+,15+,17-,18?,20-,21-,22+,23?/m0/s1. The zero-order chi connectivity index (χ0) is 21.3. The molecule has 7 heteroatoms. The Bertz CT molecular complexity index is 883. The van der Waals surface area contributed by atoms with Crippen molar-refractivity contribution in [3.8, 4) is 0 Å². The van der Waals surface area contributed by atoms with Gasteiger partial charge in [-0.3, -0.25) is 4.79 Å². The number of ether oxygens (including phenoxy) is 2. The van der Waals surface area contributed by atoms with Gasteiger partial charge in [-0.05, 0) is 68.3 Å². The van der Waals surface area contributed by atoms with E-state index < -0.39 is 34.6 Å². The van der Waals surface area contributed by atoms with Crippen molar-refractivity contribution in [2.45, 2.75) is 81.9 Å². The summed E-state index contributed by atoms with van der Waals surface area (Å²) < 4.78 is 11.4. The zero-order valence-corrected chi connectivity index (χ0v) is 17.5. The first-order chi connectivity index (χ1) is 14.1. The number of cyclic esters (lactones) is 1. The molecule has 7 nitrogen and oxygen atoms in total. The monoisotopic (exact) mass is 418 g/mol. The fourth-order valence-electron chi connectivity index (χ4n) is 8.61. The number of hydrogen-bond acceptors (Lipinski definition) is 7. The maximum Gasteiger partial charge on any atom is 0.331 e. The highest BCUT2D eigenvalue weighted by molar-refractivity contribution is 5.94. The van der Waals surface area contributed by atoms with E-state index in [0.29, 0.717) is 32.1 Å². The quantitative estimate of drug-likeness (QED) is 0.428. The molecule has 5 fully saturated rings. The zero-order valence-electron chi connectivity index (χ0n) is 17.5. The largest absolute Gasteiger partial charge is 0.458 e. The molecular formula is C23H30O7. The van der Waals surface area contributed by atoms with Crippen LogP contribution in [0.5, 0.6) is 0 Å². The predicted molar refractivity (Wildman–Crippen MR) is 103 cm³/mol. The highest BCUT2D eigenvalue weighted by atomic mass is 16.6. The lowest BCUT2D eigenvalue weighted by atomic mass is 9.41. The third-order valence-corrected chi connectivity index (χ3v) is 10.2. The van der Waals surface area contributed by atoms with Crippen LogP contribution in [0.15, 0.2) is 11.6 Å². The molecule has 0 aromatic heterocycles. The number of fused-ring (bicyclic) bond motifs is 3. The summed E-state index contributed by atoms with van der Waals surface area (Å²) in [4.78, 5) is 25.5. The molecule has 10 atom stereocenters. The van der Waals surface area contributed by atoms with Crippen LogP contribution in [-0.4, -0.2) is 63.2 Å². The summed E-state index contributed by atoms with van der Waals surface area (Å²) >= 11 is 0. The summed E-state index contributed by atoms with van der Waals surface area (Å²) in [5, 5.41) is 33.9. The molecule has 6 aliphatic rings. The van der Waals surface area contributed by atoms with Gasteiger partial charge in [0, 0.05) is 12.0 Å². The first-order valence-corrected chi connectivity index (χ1v) is 11.3. The molecule has 30 heavy (non-hydrogen) atoms. The Morgan fingerprint density at radius 1 is 1.10 bits per heavy atom. The van der Waals surface area contributed by atoms with Crippen molar-refractivity contribution in [1.29, 1.82) is 0 Å². The molecule has 3 N–H and O–H groups in total. The number of rotatable bonds is 1. The van der Waals surface area contributed by atoms with E-state index in [1.165, 1.54) is 6.08 Å². The molecule has 2 aliphatic heterocycles. The van der Waals surface area contributed by atoms with Gasteiger partial charge < -0.3 is 24.8 Å². The topological polar surface area (TPSA) is 117 Å². The van der Waals surface area contributed by atoms with Gasteiger partial charge in [0.2, 0.25) is 0 Å². The first-order valence-electron chi connectivity index (χ1n) is 11.3. The maximum absolute atomic E-state index is 13.8. The second-order valence-electron chi connectivity index (χ2n) is 11.0. The minimum Gasteiger partial charge on any atom is -0.458 e. The Morgan fingerprint density at radius 3 is 2.57 bits per heavy atom. The number of epoxide rings is 1. The van der Waals surface area contributed by atoms with Gasteiger partial charge in [-0.25, -0.2) is 4.79 Å². The van der Waals surface area contributed by atoms with E-state index >= 15 is 0 Å². The fourth-order valence-corrected chi connectivity index (χ4v) is 8.61. The maximum atomic E-state index is 13.8. The van der Waals surface area contributed by atoms with Gasteiger partial charge in [0.25, 0.3) is 0 Å². The van der Waals surface area contributed by atoms with Crippen LogP contribution >= 0.6 is 0 Å². The van der Waals surface area contributed by atoms with Crippen LogP contribution in [0, 0.1) is 28.6 Å². The van der Waals surface area contributed by atoms with Gasteiger partial charge in [-0.1, -0.05) is 6.92 Å². The summed E-state index contributed by atoms with van der Waals surface area (Å²) in [7, 11) is 0. The smallest absolute Gasteiger partial charge is 0.331 e. The summed E-state index contributed by atoms with van der Waals surface area (Å²) in [5.41, 5.74) is -3.21. The lowest BCUT2D eigenvalue weighted by Crippen LogP contribution is -2.75. The second kappa shape index (κ2) is 5.55. The third kappa shape index (κ3) is 1.89. The SMILES string of the molecule is C[C@]12CC[C@H](O)C[C@H]1C[C@H]1OC13C2[C@H](O)C(=O)[C@]1(C)[C@@H](C2=CC(=O)OC2)CC[C@]31O. The highest BCUT2D eigenvalue weighted by Gasteiger charge is 2.88. The van der Waals surface area contributed by atoms with E-state index in [2.05, 4.69) is 6.92 Å². The number of aliphatic hydroxyl groups excluding tert-OH is 2. The van der Waals surface area contributed by atoms with E-state index in [4.69, 9.17) is 9.47 Å². The number of ketones is 1. The first kappa shape index (κ1) is 19.4. The summed E-state index contributed by atoms with van der Waals surface area (Å²) in [5.74, 6) is -1.44. The van der Waals surface area contributed by atoms with Crippen molar-refractivity contribution in [2.75, 3.05) is 6.61 Å². The Morgan fingerprint density at radius 2 is 1.87 bits per heavy atom. The fraction of sp³-hybridized carbons (Fsp3) is 0.826. The van der Waals surface area contributed by atoms with E-state index in [1.54, 1.807) is 6.92 Å². The number of carbonyl (C=O) groups is 2. The van der Waals surface area contributed by atoms with Gasteiger partial charge in [0.1, 0.15) is 23.9 Å². The van der Waals surface area contributed by atoms with Crippen molar-refractivity contribution in [3.63, 3.8) is 0 Å². The minimum absolute atomic E-state index is 0.136. The van der Waals surface area contributed by atoms with Gasteiger partial charge in [0.05, 0.1) is 17.6 Å². The van der Waals surface area contributed by atoms with Crippen molar-refractivity contribution in [3.05, 3.63) is 11.6 Å². The molecule has 0 aromatic rings. The van der Waals surface area contributed by atoms with Crippen LogP contribution in [0.3, 0.4) is 0 Å². The Kier molecular flexibility index (Phi) is 3.59. The number of hydrogen-bond donors (Lipinski definition) is 3. The van der Waals surface area contributed by atoms with Gasteiger partial charge in [-0.2, -0.15) is 0 Å². The van der Waals surface area contributed by atoms with Gasteiger partial charge >= 0.3 is 5.97 Å². The molecule has 1 saturated heterocycles. The van der Waals surface area contributed by atoms with Crippen LogP contribution in [0.25, 0.3) is 0 Å². The molecule has 0 aromatic carbocycles. The molecule has 1 spiro atoms. The number of aliphatic hydroxyl groups is 3. The predicted octanol–water partition coefficient (Wildman–Crippen LogP) is 0.885. The molecule has 6 rings (SSSR count). The summed E-state index contributed by atoms with van der Waals surface area (Å²) in [6.07, 6.45) is 3.30. The lowest BCUT2D eigenvalue weighted by molar-refractivity contribution is -0.226. The molecule has 2 unspecified atom stereocenters. The third-order valence-electron chi connectivity index (χ3n) is 10.2. The number of Topliss-reactive ketones (excluding diaryl/α,β-unsaturated/α-hetero) is 1. The summed E-state index contributed by atoms with van der Waals surface area (Å²) in [6, 6.07) is 0. The number of esters is 1. The van der Waals surface area contributed by atoms with E-state index in [1.807, 2.05) is 0 Å². The highest BCUT2D eigenvalue weighted by Crippen LogP contribution is 2.76. The summed E-state index contributed by atoms with van der Waals surface area (Å²) in [6.45, 7) is 3.99. The molecule has 4 aliphatic carbocycles. The van der Waals surface area contributed by atoms with Crippen LogP contribution in [0.4, 0.5) is 0 Å². The van der Waals surface area contributed by atoms with E-state index in [0.717, 1.165) is 12.0 Å². The van der Waals surface area contributed by atoms with Crippen LogP contribution in [0.1, 0.15) is 52.4 Å². The molecule has 4 saturated carbocycles. The second-order valence-corrected chi connectivity index (χ2v) is 11.0. The minimum atomic E-state index is -1.40. The Balaban J connectivity index is 1.47. The number of carbonyl (C=O) groups excluding carboxylic acids is 2. The molecule has 2 heterocycles. The van der Waals surface area contributed by atoms with Crippen molar-refractivity contribution >= 4 is 11.8 Å².